The fraction of sp³-hybridized carbons (Fsp3) is 0. The molecule has 0 unspecified atom stereocenters. The molecule has 1 aromatic carbocycles. The van der Waals surface area contributed by atoms with E-state index >= 15 is 0 Å². The number of rotatable bonds is 3. The van der Waals surface area contributed by atoms with Gasteiger partial charge < -0.3 is 11.5 Å². The molecule has 4 nitrogen and oxygen atoms in total. The molecule has 2 rings (SSSR count). The number of nitrogen functional groups attached to an aromatic ring is 1. The second kappa shape index (κ2) is 4.88. The normalized spacial score (nSPS) is 10.1. The van der Waals surface area contributed by atoms with Gasteiger partial charge in [-0.3, -0.25) is 4.79 Å². The Morgan fingerprint density at radius 1 is 1.24 bits per heavy atom. The molecule has 1 amide bonds. The van der Waals surface area contributed by atoms with Gasteiger partial charge in [-0.2, -0.15) is 0 Å². The predicted octanol–water partition coefficient (Wildman–Crippen LogP) is 1.91. The lowest BCUT2D eigenvalue weighted by Gasteiger charge is -2.05. The summed E-state index contributed by atoms with van der Waals surface area (Å²) < 4.78 is 0. The second-order valence-electron chi connectivity index (χ2n) is 3.39. The summed E-state index contributed by atoms with van der Waals surface area (Å²) >= 11 is 1.45. The number of anilines is 1. The molecule has 1 heterocycles. The van der Waals surface area contributed by atoms with Crippen molar-refractivity contribution in [3.8, 4) is 0 Å². The Labute approximate surface area is 103 Å². The standard InChI is InChI=1S/C12H11N3OS/c13-9-7-8(12(14)16)4-5-10(9)17-11-3-1-2-6-15-11/h1-7H,13H2,(H2,14,16). The monoisotopic (exact) mass is 245 g/mol. The highest BCUT2D eigenvalue weighted by atomic mass is 32.2. The Kier molecular flexibility index (Phi) is 3.30. The first-order chi connectivity index (χ1) is 8.16. The van der Waals surface area contributed by atoms with Gasteiger partial charge in [0, 0.05) is 22.3 Å². The summed E-state index contributed by atoms with van der Waals surface area (Å²) in [6.45, 7) is 0. The molecule has 0 spiro atoms. The summed E-state index contributed by atoms with van der Waals surface area (Å²) in [4.78, 5) is 16.0. The Morgan fingerprint density at radius 3 is 2.65 bits per heavy atom. The Balaban J connectivity index is 2.26. The molecule has 4 N–H and O–H groups in total. The van der Waals surface area contributed by atoms with Crippen molar-refractivity contribution in [2.75, 3.05) is 5.73 Å². The van der Waals surface area contributed by atoms with Gasteiger partial charge in [0.2, 0.25) is 5.91 Å². The van der Waals surface area contributed by atoms with E-state index in [0.29, 0.717) is 11.3 Å². The van der Waals surface area contributed by atoms with E-state index < -0.39 is 5.91 Å². The van der Waals surface area contributed by atoms with Crippen molar-refractivity contribution >= 4 is 23.4 Å². The minimum absolute atomic E-state index is 0.410. The molecule has 2 aromatic rings. The van der Waals surface area contributed by atoms with Crippen LogP contribution >= 0.6 is 11.8 Å². The molecule has 5 heteroatoms. The van der Waals surface area contributed by atoms with Gasteiger partial charge in [-0.25, -0.2) is 4.98 Å². The van der Waals surface area contributed by atoms with Crippen LogP contribution in [-0.2, 0) is 0 Å². The Hall–Kier alpha value is -2.01. The molecule has 0 aliphatic rings. The number of primary amides is 1. The lowest BCUT2D eigenvalue weighted by molar-refractivity contribution is 0.100. The fourth-order valence-corrected chi connectivity index (χ4v) is 2.11. The van der Waals surface area contributed by atoms with E-state index in [4.69, 9.17) is 11.5 Å². The summed E-state index contributed by atoms with van der Waals surface area (Å²) in [5.74, 6) is -0.480. The van der Waals surface area contributed by atoms with Crippen LogP contribution in [0.2, 0.25) is 0 Å². The van der Waals surface area contributed by atoms with Gasteiger partial charge in [-0.1, -0.05) is 17.8 Å². The van der Waals surface area contributed by atoms with Crippen LogP contribution in [0.25, 0.3) is 0 Å². The Bertz CT molecular complexity index is 543. The molecular weight excluding hydrogens is 234 g/mol. The third-order valence-electron chi connectivity index (χ3n) is 2.15. The van der Waals surface area contributed by atoms with Crippen LogP contribution in [0, 0.1) is 0 Å². The number of carbonyl (C=O) groups is 1. The number of hydrogen-bond acceptors (Lipinski definition) is 4. The quantitative estimate of drug-likeness (QED) is 0.809. The average Bonchev–Trinajstić information content (AvgIpc) is 2.33. The lowest BCUT2D eigenvalue weighted by Crippen LogP contribution is -2.11. The molecule has 0 atom stereocenters. The van der Waals surface area contributed by atoms with Crippen molar-refractivity contribution in [3.05, 3.63) is 48.2 Å². The number of amides is 1. The SMILES string of the molecule is NC(=O)c1ccc(Sc2ccccn2)c(N)c1. The summed E-state index contributed by atoms with van der Waals surface area (Å²) in [5.41, 5.74) is 12.0. The van der Waals surface area contributed by atoms with Crippen molar-refractivity contribution in [3.63, 3.8) is 0 Å². The van der Waals surface area contributed by atoms with Gasteiger partial charge in [0.1, 0.15) is 5.03 Å². The van der Waals surface area contributed by atoms with Crippen LogP contribution in [-0.4, -0.2) is 10.9 Å². The number of nitrogens with zero attached hydrogens (tertiary/aromatic N) is 1. The highest BCUT2D eigenvalue weighted by Crippen LogP contribution is 2.30. The van der Waals surface area contributed by atoms with E-state index in [-0.39, 0.29) is 0 Å². The number of nitrogens with two attached hydrogens (primary N) is 2. The molecule has 0 saturated heterocycles. The molecule has 0 aliphatic carbocycles. The first-order valence-electron chi connectivity index (χ1n) is 4.95. The Morgan fingerprint density at radius 2 is 2.06 bits per heavy atom. The van der Waals surface area contributed by atoms with Crippen LogP contribution in [0.15, 0.2) is 52.5 Å². The van der Waals surface area contributed by atoms with Crippen molar-refractivity contribution in [1.29, 1.82) is 0 Å². The number of carbonyl (C=O) groups excluding carboxylic acids is 1. The first-order valence-corrected chi connectivity index (χ1v) is 5.76. The van der Waals surface area contributed by atoms with E-state index in [9.17, 15) is 4.79 Å². The molecule has 0 bridgehead atoms. The fourth-order valence-electron chi connectivity index (χ4n) is 1.31. The summed E-state index contributed by atoms with van der Waals surface area (Å²) in [6.07, 6.45) is 1.72. The number of benzene rings is 1. The molecule has 86 valence electrons. The third-order valence-corrected chi connectivity index (χ3v) is 3.19. The topological polar surface area (TPSA) is 82.0 Å². The van der Waals surface area contributed by atoms with Crippen LogP contribution in [0.4, 0.5) is 5.69 Å². The van der Waals surface area contributed by atoms with E-state index in [1.54, 1.807) is 24.4 Å². The maximum atomic E-state index is 11.0. The number of hydrogen-bond donors (Lipinski definition) is 2. The summed E-state index contributed by atoms with van der Waals surface area (Å²) in [7, 11) is 0. The zero-order chi connectivity index (χ0) is 12.3. The summed E-state index contributed by atoms with van der Waals surface area (Å²) in [5, 5.41) is 0.853. The van der Waals surface area contributed by atoms with Gasteiger partial charge in [0.25, 0.3) is 0 Å². The lowest BCUT2D eigenvalue weighted by atomic mass is 10.2. The molecule has 0 aliphatic heterocycles. The number of aromatic nitrogens is 1. The van der Waals surface area contributed by atoms with Crippen molar-refractivity contribution in [2.45, 2.75) is 9.92 Å². The number of pyridine rings is 1. The third kappa shape index (κ3) is 2.76. The van der Waals surface area contributed by atoms with E-state index in [1.165, 1.54) is 11.8 Å². The zero-order valence-corrected chi connectivity index (χ0v) is 9.78. The minimum atomic E-state index is -0.480. The molecule has 0 saturated carbocycles. The van der Waals surface area contributed by atoms with E-state index in [2.05, 4.69) is 4.98 Å². The molecular formula is C12H11N3OS. The molecule has 1 aromatic heterocycles. The van der Waals surface area contributed by atoms with E-state index in [0.717, 1.165) is 9.92 Å². The largest absolute Gasteiger partial charge is 0.398 e. The highest BCUT2D eigenvalue weighted by molar-refractivity contribution is 7.99. The molecule has 17 heavy (non-hydrogen) atoms. The zero-order valence-electron chi connectivity index (χ0n) is 8.96. The highest BCUT2D eigenvalue weighted by Gasteiger charge is 2.06. The average molecular weight is 245 g/mol. The molecule has 0 fully saturated rings. The first kappa shape index (κ1) is 11.5. The van der Waals surface area contributed by atoms with Gasteiger partial charge in [-0.05, 0) is 30.3 Å². The van der Waals surface area contributed by atoms with Gasteiger partial charge in [-0.15, -0.1) is 0 Å². The molecule has 0 radical (unpaired) electrons. The van der Waals surface area contributed by atoms with Crippen LogP contribution in [0.3, 0.4) is 0 Å². The van der Waals surface area contributed by atoms with Crippen LogP contribution in [0.5, 0.6) is 0 Å². The van der Waals surface area contributed by atoms with E-state index in [1.807, 2.05) is 18.2 Å². The van der Waals surface area contributed by atoms with Gasteiger partial charge in [0.15, 0.2) is 0 Å². The van der Waals surface area contributed by atoms with Crippen LogP contribution < -0.4 is 11.5 Å². The smallest absolute Gasteiger partial charge is 0.248 e. The van der Waals surface area contributed by atoms with Gasteiger partial charge >= 0.3 is 0 Å². The van der Waals surface area contributed by atoms with Crippen molar-refractivity contribution < 1.29 is 4.79 Å². The van der Waals surface area contributed by atoms with Crippen LogP contribution in [0.1, 0.15) is 10.4 Å². The summed E-state index contributed by atoms with van der Waals surface area (Å²) in [6, 6.07) is 10.7. The van der Waals surface area contributed by atoms with Crippen molar-refractivity contribution in [1.82, 2.24) is 4.98 Å². The van der Waals surface area contributed by atoms with Crippen molar-refractivity contribution in [2.24, 2.45) is 5.73 Å². The second-order valence-corrected chi connectivity index (χ2v) is 4.45. The predicted molar refractivity (Wildman–Crippen MR) is 67.7 cm³/mol. The maximum Gasteiger partial charge on any atom is 0.248 e. The maximum absolute atomic E-state index is 11.0. The van der Waals surface area contributed by atoms with Gasteiger partial charge in [0.05, 0.1) is 0 Å². The minimum Gasteiger partial charge on any atom is -0.398 e.